The smallest absolute Gasteiger partial charge is 0.0238 e. The van der Waals surface area contributed by atoms with Crippen LogP contribution in [0.2, 0.25) is 0 Å². The molecule has 2 aromatic rings. The van der Waals surface area contributed by atoms with Crippen molar-refractivity contribution in [3.63, 3.8) is 0 Å². The molecule has 0 amide bonds. The zero-order valence-electron chi connectivity index (χ0n) is 14.3. The number of nitrogens with one attached hydrogen (secondary N) is 1. The summed E-state index contributed by atoms with van der Waals surface area (Å²) in [6.07, 6.45) is 1.17. The summed E-state index contributed by atoms with van der Waals surface area (Å²) >= 11 is 0. The summed E-state index contributed by atoms with van der Waals surface area (Å²) in [6, 6.07) is 20.3. The monoisotopic (exact) mass is 321 g/mol. The summed E-state index contributed by atoms with van der Waals surface area (Å²) < 4.78 is 0. The number of benzene rings is 2. The van der Waals surface area contributed by atoms with Gasteiger partial charge in [0.2, 0.25) is 0 Å². The number of piperazine rings is 1. The molecule has 3 nitrogen and oxygen atoms in total. The van der Waals surface area contributed by atoms with Crippen LogP contribution in [-0.2, 0) is 19.5 Å². The summed E-state index contributed by atoms with van der Waals surface area (Å²) in [4.78, 5) is 5.21. The van der Waals surface area contributed by atoms with Crippen molar-refractivity contribution in [2.45, 2.75) is 25.6 Å². The molecule has 1 fully saturated rings. The van der Waals surface area contributed by atoms with E-state index in [9.17, 15) is 0 Å². The van der Waals surface area contributed by atoms with Crippen LogP contribution in [0.4, 0.5) is 0 Å². The Morgan fingerprint density at radius 1 is 0.792 bits per heavy atom. The van der Waals surface area contributed by atoms with Crippen LogP contribution in [0.25, 0.3) is 0 Å². The van der Waals surface area contributed by atoms with Crippen LogP contribution in [0, 0.1) is 0 Å². The molecular weight excluding hydrogens is 294 g/mol. The van der Waals surface area contributed by atoms with Crippen LogP contribution in [0.15, 0.2) is 54.6 Å². The van der Waals surface area contributed by atoms with Gasteiger partial charge in [-0.3, -0.25) is 9.80 Å². The summed E-state index contributed by atoms with van der Waals surface area (Å²) in [5, 5.41) is 3.72. The van der Waals surface area contributed by atoms with E-state index in [4.69, 9.17) is 0 Å². The third-order valence-electron chi connectivity index (χ3n) is 5.36. The van der Waals surface area contributed by atoms with Crippen LogP contribution in [0.3, 0.4) is 0 Å². The SMILES string of the molecule is c1ccc(CN2CCN(C[C@H]3Cc4ccccc4CN3)CC2)cc1. The van der Waals surface area contributed by atoms with Gasteiger partial charge >= 0.3 is 0 Å². The maximum Gasteiger partial charge on any atom is 0.0238 e. The third kappa shape index (κ3) is 3.86. The second-order valence-corrected chi connectivity index (χ2v) is 7.11. The molecule has 1 N–H and O–H groups in total. The highest BCUT2D eigenvalue weighted by Gasteiger charge is 2.23. The molecule has 2 aromatic carbocycles. The van der Waals surface area contributed by atoms with Crippen molar-refractivity contribution in [1.29, 1.82) is 0 Å². The molecule has 2 heterocycles. The minimum Gasteiger partial charge on any atom is -0.308 e. The van der Waals surface area contributed by atoms with Gasteiger partial charge in [-0.15, -0.1) is 0 Å². The maximum atomic E-state index is 3.72. The molecule has 1 atom stereocenters. The van der Waals surface area contributed by atoms with E-state index in [1.54, 1.807) is 0 Å². The topological polar surface area (TPSA) is 18.5 Å². The first-order valence-corrected chi connectivity index (χ1v) is 9.15. The van der Waals surface area contributed by atoms with Crippen molar-refractivity contribution in [2.75, 3.05) is 32.7 Å². The van der Waals surface area contributed by atoms with Gasteiger partial charge in [-0.05, 0) is 23.1 Å². The Labute approximate surface area is 145 Å². The Morgan fingerprint density at radius 2 is 1.46 bits per heavy atom. The third-order valence-corrected chi connectivity index (χ3v) is 5.36. The first-order chi connectivity index (χ1) is 11.9. The molecule has 0 radical (unpaired) electrons. The van der Waals surface area contributed by atoms with E-state index in [1.807, 2.05) is 0 Å². The lowest BCUT2D eigenvalue weighted by Crippen LogP contribution is -2.51. The maximum absolute atomic E-state index is 3.72. The number of fused-ring (bicyclic) bond motifs is 1. The quantitative estimate of drug-likeness (QED) is 0.933. The lowest BCUT2D eigenvalue weighted by atomic mass is 9.95. The molecule has 2 aliphatic rings. The van der Waals surface area contributed by atoms with E-state index in [-0.39, 0.29) is 0 Å². The Kier molecular flexibility index (Phi) is 4.93. The van der Waals surface area contributed by atoms with Gasteiger partial charge in [0, 0.05) is 51.9 Å². The van der Waals surface area contributed by atoms with Crippen molar-refractivity contribution >= 4 is 0 Å². The molecule has 3 heteroatoms. The summed E-state index contributed by atoms with van der Waals surface area (Å²) in [5.41, 5.74) is 4.43. The van der Waals surface area contributed by atoms with Crippen molar-refractivity contribution in [1.82, 2.24) is 15.1 Å². The fourth-order valence-corrected chi connectivity index (χ4v) is 3.93. The Balaban J connectivity index is 1.25. The number of nitrogens with zero attached hydrogens (tertiary/aromatic N) is 2. The zero-order chi connectivity index (χ0) is 16.2. The highest BCUT2D eigenvalue weighted by molar-refractivity contribution is 5.30. The molecule has 2 aliphatic heterocycles. The van der Waals surface area contributed by atoms with Crippen LogP contribution < -0.4 is 5.32 Å². The summed E-state index contributed by atoms with van der Waals surface area (Å²) in [5.74, 6) is 0. The van der Waals surface area contributed by atoms with Crippen LogP contribution in [-0.4, -0.2) is 48.6 Å². The minimum atomic E-state index is 0.598. The molecule has 0 spiro atoms. The molecule has 126 valence electrons. The first-order valence-electron chi connectivity index (χ1n) is 9.15. The fourth-order valence-electron chi connectivity index (χ4n) is 3.93. The Hall–Kier alpha value is -1.68. The average Bonchev–Trinajstić information content (AvgIpc) is 2.64. The second-order valence-electron chi connectivity index (χ2n) is 7.11. The molecule has 0 aliphatic carbocycles. The molecule has 0 saturated carbocycles. The van der Waals surface area contributed by atoms with Crippen molar-refractivity contribution < 1.29 is 0 Å². The van der Waals surface area contributed by atoms with Crippen molar-refractivity contribution in [2.24, 2.45) is 0 Å². The number of hydrogen-bond acceptors (Lipinski definition) is 3. The number of rotatable bonds is 4. The zero-order valence-corrected chi connectivity index (χ0v) is 14.3. The molecule has 0 aromatic heterocycles. The van der Waals surface area contributed by atoms with Crippen LogP contribution >= 0.6 is 0 Å². The van der Waals surface area contributed by atoms with Gasteiger partial charge in [-0.2, -0.15) is 0 Å². The largest absolute Gasteiger partial charge is 0.308 e. The Morgan fingerprint density at radius 3 is 2.25 bits per heavy atom. The highest BCUT2D eigenvalue weighted by Crippen LogP contribution is 2.17. The van der Waals surface area contributed by atoms with Gasteiger partial charge in [-0.1, -0.05) is 54.6 Å². The predicted molar refractivity (Wildman–Crippen MR) is 98.9 cm³/mol. The van der Waals surface area contributed by atoms with Gasteiger partial charge in [0.25, 0.3) is 0 Å². The first kappa shape index (κ1) is 15.8. The summed E-state index contributed by atoms with van der Waals surface area (Å²) in [7, 11) is 0. The molecule has 0 unspecified atom stereocenters. The van der Waals surface area contributed by atoms with Gasteiger partial charge in [0.15, 0.2) is 0 Å². The molecule has 24 heavy (non-hydrogen) atoms. The van der Waals surface area contributed by atoms with Gasteiger partial charge in [-0.25, -0.2) is 0 Å². The molecular formula is C21H27N3. The number of hydrogen-bond donors (Lipinski definition) is 1. The average molecular weight is 321 g/mol. The highest BCUT2D eigenvalue weighted by atomic mass is 15.3. The molecule has 0 bridgehead atoms. The molecule has 1 saturated heterocycles. The fraction of sp³-hybridized carbons (Fsp3) is 0.429. The lowest BCUT2D eigenvalue weighted by molar-refractivity contribution is 0.117. The van der Waals surface area contributed by atoms with E-state index in [2.05, 4.69) is 69.7 Å². The molecule has 4 rings (SSSR count). The minimum absolute atomic E-state index is 0.598. The van der Waals surface area contributed by atoms with Crippen molar-refractivity contribution in [3.05, 3.63) is 71.3 Å². The van der Waals surface area contributed by atoms with E-state index < -0.39 is 0 Å². The normalized spacial score (nSPS) is 22.2. The van der Waals surface area contributed by atoms with Crippen molar-refractivity contribution in [3.8, 4) is 0 Å². The van der Waals surface area contributed by atoms with E-state index in [1.165, 1.54) is 55.8 Å². The predicted octanol–water partition coefficient (Wildman–Crippen LogP) is 2.52. The van der Waals surface area contributed by atoms with Gasteiger partial charge in [0.05, 0.1) is 0 Å². The Bertz CT molecular complexity index is 647. The van der Waals surface area contributed by atoms with Crippen LogP contribution in [0.1, 0.15) is 16.7 Å². The standard InChI is InChI=1S/C21H27N3/c1-2-6-18(7-3-1)16-23-10-12-24(13-11-23)17-21-14-19-8-4-5-9-20(19)15-22-21/h1-9,21-22H,10-17H2/t21-/m1/s1. The lowest BCUT2D eigenvalue weighted by Gasteiger charge is -2.37. The van der Waals surface area contributed by atoms with Crippen LogP contribution in [0.5, 0.6) is 0 Å². The summed E-state index contributed by atoms with van der Waals surface area (Å²) in [6.45, 7) is 8.02. The van der Waals surface area contributed by atoms with Gasteiger partial charge < -0.3 is 5.32 Å². The van der Waals surface area contributed by atoms with E-state index in [0.29, 0.717) is 6.04 Å². The van der Waals surface area contributed by atoms with Gasteiger partial charge in [0.1, 0.15) is 0 Å². The second kappa shape index (κ2) is 7.47. The van der Waals surface area contributed by atoms with E-state index in [0.717, 1.165) is 13.1 Å². The van der Waals surface area contributed by atoms with E-state index >= 15 is 0 Å².